The molecule has 4 heteroatoms. The molecule has 2 heterocycles. The van der Waals surface area contributed by atoms with Crippen LogP contribution >= 0.6 is 15.9 Å². The zero-order valence-corrected chi connectivity index (χ0v) is 10.5. The predicted molar refractivity (Wildman–Crippen MR) is 66.0 cm³/mol. The molecular formula is C12H12BrFN2. The molecule has 0 unspecified atom stereocenters. The smallest absolute Gasteiger partial charge is 0.125 e. The number of nitrogens with zero attached hydrogens (tertiary/aromatic N) is 1. The van der Waals surface area contributed by atoms with Gasteiger partial charge >= 0.3 is 0 Å². The lowest BCUT2D eigenvalue weighted by Gasteiger charge is -2.25. The summed E-state index contributed by atoms with van der Waals surface area (Å²) in [5, 5.41) is 4.33. The third kappa shape index (κ3) is 1.40. The second-order valence-electron chi connectivity index (χ2n) is 4.31. The van der Waals surface area contributed by atoms with Gasteiger partial charge in [0.05, 0.1) is 5.52 Å². The van der Waals surface area contributed by atoms with Crippen molar-refractivity contribution < 1.29 is 4.39 Å². The van der Waals surface area contributed by atoms with Gasteiger partial charge in [-0.1, -0.05) is 0 Å². The van der Waals surface area contributed by atoms with E-state index in [-0.39, 0.29) is 5.82 Å². The van der Waals surface area contributed by atoms with Gasteiger partial charge in [-0.3, -0.25) is 0 Å². The van der Waals surface area contributed by atoms with Crippen molar-refractivity contribution in [1.29, 1.82) is 0 Å². The zero-order chi connectivity index (χ0) is 11.3. The number of nitrogens with one attached hydrogen (secondary N) is 1. The number of hydrogen-bond donors (Lipinski definition) is 1. The molecule has 1 aromatic carbocycles. The summed E-state index contributed by atoms with van der Waals surface area (Å²) in [4.78, 5) is 0. The van der Waals surface area contributed by atoms with E-state index >= 15 is 0 Å². The molecule has 16 heavy (non-hydrogen) atoms. The van der Waals surface area contributed by atoms with Gasteiger partial charge in [-0.25, -0.2) is 4.39 Å². The molecule has 1 aliphatic rings. The molecule has 0 saturated heterocycles. The van der Waals surface area contributed by atoms with Crippen LogP contribution in [-0.4, -0.2) is 11.1 Å². The van der Waals surface area contributed by atoms with Gasteiger partial charge in [0.2, 0.25) is 0 Å². The van der Waals surface area contributed by atoms with Crippen LogP contribution in [0, 0.1) is 5.82 Å². The number of benzene rings is 1. The molecule has 2 nitrogen and oxygen atoms in total. The molecule has 0 amide bonds. The molecule has 1 N–H and O–H groups in total. The quantitative estimate of drug-likeness (QED) is 0.785. The molecule has 0 aliphatic carbocycles. The molecule has 0 radical (unpaired) electrons. The number of hydrogen-bond acceptors (Lipinski definition) is 1. The van der Waals surface area contributed by atoms with Crippen molar-refractivity contribution >= 4 is 26.8 Å². The molecule has 0 fully saturated rings. The second kappa shape index (κ2) is 3.57. The first-order chi connectivity index (χ1) is 7.66. The van der Waals surface area contributed by atoms with Gasteiger partial charge < -0.3 is 9.88 Å². The molecule has 3 rings (SSSR count). The fourth-order valence-electron chi connectivity index (χ4n) is 2.48. The summed E-state index contributed by atoms with van der Waals surface area (Å²) in [6.07, 6.45) is 0. The van der Waals surface area contributed by atoms with Crippen molar-refractivity contribution in [2.45, 2.75) is 19.5 Å². The maximum Gasteiger partial charge on any atom is 0.125 e. The van der Waals surface area contributed by atoms with Gasteiger partial charge in [0.15, 0.2) is 0 Å². The van der Waals surface area contributed by atoms with Crippen molar-refractivity contribution in [3.63, 3.8) is 0 Å². The van der Waals surface area contributed by atoms with Crippen molar-refractivity contribution in [2.24, 2.45) is 0 Å². The normalized spacial score (nSPS) is 20.1. The van der Waals surface area contributed by atoms with E-state index in [1.807, 2.05) is 0 Å². The van der Waals surface area contributed by atoms with Crippen LogP contribution in [0.1, 0.15) is 18.7 Å². The predicted octanol–water partition coefficient (Wildman–Crippen LogP) is 3.21. The van der Waals surface area contributed by atoms with Gasteiger partial charge in [-0.15, -0.1) is 0 Å². The Hall–Kier alpha value is -0.870. The first kappa shape index (κ1) is 10.3. The fourth-order valence-corrected chi connectivity index (χ4v) is 3.12. The molecule has 0 bridgehead atoms. The summed E-state index contributed by atoms with van der Waals surface area (Å²) in [5.74, 6) is -0.192. The lowest BCUT2D eigenvalue weighted by molar-refractivity contribution is 0.439. The highest BCUT2D eigenvalue weighted by atomic mass is 79.9. The van der Waals surface area contributed by atoms with Crippen molar-refractivity contribution in [3.8, 4) is 0 Å². The van der Waals surface area contributed by atoms with Gasteiger partial charge in [0.25, 0.3) is 0 Å². The van der Waals surface area contributed by atoms with Gasteiger partial charge in [0, 0.05) is 34.7 Å². The lowest BCUT2D eigenvalue weighted by Crippen LogP contribution is -2.30. The second-order valence-corrected chi connectivity index (χ2v) is 5.17. The van der Waals surface area contributed by atoms with Crippen molar-refractivity contribution in [2.75, 3.05) is 6.54 Å². The van der Waals surface area contributed by atoms with E-state index in [0.717, 1.165) is 28.5 Å². The number of fused-ring (bicyclic) bond motifs is 3. The molecule has 1 aromatic heterocycles. The number of rotatable bonds is 0. The summed E-state index contributed by atoms with van der Waals surface area (Å²) < 4.78 is 16.4. The minimum Gasteiger partial charge on any atom is -0.338 e. The Balaban J connectivity index is 2.38. The van der Waals surface area contributed by atoms with E-state index < -0.39 is 0 Å². The average molecular weight is 283 g/mol. The molecule has 2 aromatic rings. The highest BCUT2D eigenvalue weighted by Crippen LogP contribution is 2.32. The van der Waals surface area contributed by atoms with Crippen LogP contribution in [0.4, 0.5) is 4.39 Å². The van der Waals surface area contributed by atoms with Crippen LogP contribution in [0.25, 0.3) is 10.9 Å². The van der Waals surface area contributed by atoms with E-state index in [1.165, 1.54) is 11.8 Å². The molecule has 1 atom stereocenters. The SMILES string of the molecule is C[C@@H]1CNCc2cc3cc(F)cc(Br)c3n21. The van der Waals surface area contributed by atoms with Crippen molar-refractivity contribution in [3.05, 3.63) is 34.2 Å². The van der Waals surface area contributed by atoms with Crippen LogP contribution in [-0.2, 0) is 6.54 Å². The first-order valence-electron chi connectivity index (χ1n) is 5.36. The third-order valence-corrected chi connectivity index (χ3v) is 3.72. The summed E-state index contributed by atoms with van der Waals surface area (Å²) >= 11 is 3.45. The molecule has 1 aliphatic heterocycles. The van der Waals surface area contributed by atoms with Crippen LogP contribution < -0.4 is 5.32 Å². The Morgan fingerprint density at radius 2 is 2.25 bits per heavy atom. The van der Waals surface area contributed by atoms with Crippen LogP contribution in [0.15, 0.2) is 22.7 Å². The summed E-state index contributed by atoms with van der Waals surface area (Å²) in [6.45, 7) is 3.98. The molecule has 0 saturated carbocycles. The third-order valence-electron chi connectivity index (χ3n) is 3.12. The van der Waals surface area contributed by atoms with Gasteiger partial charge in [-0.2, -0.15) is 0 Å². The van der Waals surface area contributed by atoms with Crippen LogP contribution in [0.2, 0.25) is 0 Å². The number of aromatic nitrogens is 1. The standard InChI is InChI=1S/C12H12BrFN2/c1-7-5-15-6-10-3-8-2-9(14)4-11(13)12(8)16(7)10/h2-4,7,15H,5-6H2,1H3/t7-/m1/s1. The molecular weight excluding hydrogens is 271 g/mol. The van der Waals surface area contributed by atoms with E-state index in [4.69, 9.17) is 0 Å². The highest BCUT2D eigenvalue weighted by Gasteiger charge is 2.20. The van der Waals surface area contributed by atoms with Crippen LogP contribution in [0.3, 0.4) is 0 Å². The monoisotopic (exact) mass is 282 g/mol. The van der Waals surface area contributed by atoms with E-state index in [0.29, 0.717) is 6.04 Å². The Kier molecular flexibility index (Phi) is 2.30. The Bertz CT molecular complexity index is 562. The van der Waals surface area contributed by atoms with Crippen LogP contribution in [0.5, 0.6) is 0 Å². The van der Waals surface area contributed by atoms with Crippen molar-refractivity contribution in [1.82, 2.24) is 9.88 Å². The minimum atomic E-state index is -0.192. The van der Waals surface area contributed by atoms with Gasteiger partial charge in [-0.05, 0) is 41.1 Å². The Morgan fingerprint density at radius 3 is 3.06 bits per heavy atom. The van der Waals surface area contributed by atoms with E-state index in [1.54, 1.807) is 6.07 Å². The minimum absolute atomic E-state index is 0.192. The summed E-state index contributed by atoms with van der Waals surface area (Å²) in [7, 11) is 0. The maximum absolute atomic E-state index is 13.3. The lowest BCUT2D eigenvalue weighted by atomic mass is 10.2. The van der Waals surface area contributed by atoms with E-state index in [9.17, 15) is 4.39 Å². The number of halogens is 2. The topological polar surface area (TPSA) is 17.0 Å². The molecule has 0 spiro atoms. The van der Waals surface area contributed by atoms with E-state index in [2.05, 4.69) is 38.8 Å². The van der Waals surface area contributed by atoms with Gasteiger partial charge in [0.1, 0.15) is 5.82 Å². The Labute approximate surface area is 102 Å². The largest absolute Gasteiger partial charge is 0.338 e. The maximum atomic E-state index is 13.3. The summed E-state index contributed by atoms with van der Waals surface area (Å²) in [5.41, 5.74) is 2.32. The highest BCUT2D eigenvalue weighted by molar-refractivity contribution is 9.10. The fraction of sp³-hybridized carbons (Fsp3) is 0.333. The first-order valence-corrected chi connectivity index (χ1v) is 6.15. The average Bonchev–Trinajstić information content (AvgIpc) is 2.56. The summed E-state index contributed by atoms with van der Waals surface area (Å²) in [6, 6.07) is 5.59. The Morgan fingerprint density at radius 1 is 1.44 bits per heavy atom. The zero-order valence-electron chi connectivity index (χ0n) is 8.93. The molecule has 84 valence electrons.